The number of carboxylic acid groups (broad SMARTS) is 1. The second kappa shape index (κ2) is 4.26. The Morgan fingerprint density at radius 3 is 2.94 bits per heavy atom. The van der Waals surface area contributed by atoms with Crippen LogP contribution in [-0.2, 0) is 11.2 Å². The molecular formula is C13H17NO2. The molecule has 86 valence electrons. The minimum atomic E-state index is -0.745. The molecule has 16 heavy (non-hydrogen) atoms. The van der Waals surface area contributed by atoms with E-state index in [1.165, 1.54) is 22.3 Å². The van der Waals surface area contributed by atoms with Crippen molar-refractivity contribution in [3.63, 3.8) is 0 Å². The van der Waals surface area contributed by atoms with Crippen molar-refractivity contribution in [1.82, 2.24) is 5.32 Å². The van der Waals surface area contributed by atoms with E-state index in [2.05, 4.69) is 31.3 Å². The van der Waals surface area contributed by atoms with Crippen molar-refractivity contribution in [3.05, 3.63) is 34.4 Å². The summed E-state index contributed by atoms with van der Waals surface area (Å²) in [5.74, 6) is -0.745. The summed E-state index contributed by atoms with van der Waals surface area (Å²) in [5.41, 5.74) is 4.96. The lowest BCUT2D eigenvalue weighted by Crippen LogP contribution is -2.32. The molecule has 1 atom stereocenters. The van der Waals surface area contributed by atoms with Crippen molar-refractivity contribution < 1.29 is 9.90 Å². The molecule has 0 bridgehead atoms. The molecule has 2 rings (SSSR count). The van der Waals surface area contributed by atoms with E-state index in [9.17, 15) is 4.79 Å². The molecule has 0 saturated carbocycles. The fraction of sp³-hybridized carbons (Fsp3) is 0.462. The van der Waals surface area contributed by atoms with Gasteiger partial charge in [0.05, 0.1) is 6.42 Å². The molecule has 0 spiro atoms. The lowest BCUT2D eigenvalue weighted by atomic mass is 9.87. The van der Waals surface area contributed by atoms with Crippen molar-refractivity contribution in [2.24, 2.45) is 0 Å². The first kappa shape index (κ1) is 11.1. The highest BCUT2D eigenvalue weighted by Gasteiger charge is 2.23. The van der Waals surface area contributed by atoms with E-state index in [1.54, 1.807) is 0 Å². The molecule has 0 aliphatic carbocycles. The van der Waals surface area contributed by atoms with Crippen molar-refractivity contribution in [2.75, 3.05) is 6.54 Å². The van der Waals surface area contributed by atoms with Crippen LogP contribution in [0.4, 0.5) is 0 Å². The normalized spacial score (nSPS) is 19.2. The fourth-order valence-corrected chi connectivity index (χ4v) is 2.60. The Kier molecular flexibility index (Phi) is 2.97. The molecular weight excluding hydrogens is 202 g/mol. The third-order valence-corrected chi connectivity index (χ3v) is 3.13. The van der Waals surface area contributed by atoms with E-state index in [4.69, 9.17) is 5.11 Å². The van der Waals surface area contributed by atoms with Crippen molar-refractivity contribution >= 4 is 5.97 Å². The van der Waals surface area contributed by atoms with Crippen LogP contribution in [-0.4, -0.2) is 17.6 Å². The largest absolute Gasteiger partial charge is 0.481 e. The zero-order valence-electron chi connectivity index (χ0n) is 9.71. The summed E-state index contributed by atoms with van der Waals surface area (Å²) < 4.78 is 0. The average Bonchev–Trinajstić information content (AvgIpc) is 2.15. The Bertz CT molecular complexity index is 426. The molecule has 1 aliphatic rings. The monoisotopic (exact) mass is 219 g/mol. The predicted octanol–water partition coefficient (Wildman–Crippen LogP) is 1.96. The topological polar surface area (TPSA) is 49.3 Å². The minimum absolute atomic E-state index is 0.0261. The summed E-state index contributed by atoms with van der Waals surface area (Å²) in [7, 11) is 0. The average molecular weight is 219 g/mol. The van der Waals surface area contributed by atoms with Crippen LogP contribution in [0.5, 0.6) is 0 Å². The maximum atomic E-state index is 10.8. The summed E-state index contributed by atoms with van der Waals surface area (Å²) in [6.45, 7) is 5.02. The number of nitrogens with one attached hydrogen (secondary N) is 1. The number of aliphatic carboxylic acids is 1. The number of fused-ring (bicyclic) bond motifs is 1. The molecule has 2 N–H and O–H groups in total. The van der Waals surface area contributed by atoms with Gasteiger partial charge in [0.15, 0.2) is 0 Å². The first-order chi connectivity index (χ1) is 7.58. The summed E-state index contributed by atoms with van der Waals surface area (Å²) in [6.07, 6.45) is 1.16. The predicted molar refractivity (Wildman–Crippen MR) is 62.6 cm³/mol. The fourth-order valence-electron chi connectivity index (χ4n) is 2.60. The van der Waals surface area contributed by atoms with Gasteiger partial charge in [-0.05, 0) is 43.5 Å². The molecule has 1 aliphatic heterocycles. The Labute approximate surface area is 95.5 Å². The number of carboxylic acids is 1. The first-order valence-electron chi connectivity index (χ1n) is 5.63. The van der Waals surface area contributed by atoms with E-state index < -0.39 is 5.97 Å². The molecule has 3 heteroatoms. The highest BCUT2D eigenvalue weighted by molar-refractivity contribution is 5.68. The van der Waals surface area contributed by atoms with Gasteiger partial charge in [-0.3, -0.25) is 4.79 Å². The summed E-state index contributed by atoms with van der Waals surface area (Å²) in [5, 5.41) is 12.2. The molecule has 0 fully saturated rings. The summed E-state index contributed by atoms with van der Waals surface area (Å²) >= 11 is 0. The van der Waals surface area contributed by atoms with Crippen molar-refractivity contribution in [2.45, 2.75) is 32.7 Å². The maximum absolute atomic E-state index is 10.8. The number of hydrogen-bond donors (Lipinski definition) is 2. The van der Waals surface area contributed by atoms with Crippen molar-refractivity contribution in [3.8, 4) is 0 Å². The Morgan fingerprint density at radius 1 is 1.50 bits per heavy atom. The molecule has 0 saturated heterocycles. The van der Waals surface area contributed by atoms with E-state index >= 15 is 0 Å². The van der Waals surface area contributed by atoms with E-state index in [-0.39, 0.29) is 12.5 Å². The molecule has 1 aromatic rings. The van der Waals surface area contributed by atoms with Crippen LogP contribution in [0.25, 0.3) is 0 Å². The van der Waals surface area contributed by atoms with Crippen LogP contribution in [0.1, 0.15) is 34.7 Å². The van der Waals surface area contributed by atoms with Gasteiger partial charge in [-0.15, -0.1) is 0 Å². The third-order valence-electron chi connectivity index (χ3n) is 3.13. The Balaban J connectivity index is 2.41. The highest BCUT2D eigenvalue weighted by atomic mass is 16.4. The number of hydrogen-bond acceptors (Lipinski definition) is 2. The smallest absolute Gasteiger partial charge is 0.305 e. The van der Waals surface area contributed by atoms with Gasteiger partial charge in [0.1, 0.15) is 0 Å². The zero-order chi connectivity index (χ0) is 11.7. The molecule has 0 aromatic heterocycles. The molecule has 1 unspecified atom stereocenters. The van der Waals surface area contributed by atoms with Crippen LogP contribution in [0.2, 0.25) is 0 Å². The summed E-state index contributed by atoms with van der Waals surface area (Å²) in [4.78, 5) is 10.8. The lowest BCUT2D eigenvalue weighted by molar-refractivity contribution is -0.137. The van der Waals surface area contributed by atoms with E-state index in [0.29, 0.717) is 0 Å². The minimum Gasteiger partial charge on any atom is -0.481 e. The van der Waals surface area contributed by atoms with E-state index in [0.717, 1.165) is 13.0 Å². The van der Waals surface area contributed by atoms with Crippen LogP contribution in [0, 0.1) is 13.8 Å². The Hall–Kier alpha value is -1.35. The third kappa shape index (κ3) is 2.09. The van der Waals surface area contributed by atoms with Gasteiger partial charge in [0, 0.05) is 6.04 Å². The quantitative estimate of drug-likeness (QED) is 0.799. The van der Waals surface area contributed by atoms with Gasteiger partial charge >= 0.3 is 5.97 Å². The van der Waals surface area contributed by atoms with Crippen molar-refractivity contribution in [1.29, 1.82) is 0 Å². The summed E-state index contributed by atoms with van der Waals surface area (Å²) in [6, 6.07) is 4.28. The lowest BCUT2D eigenvalue weighted by Gasteiger charge is -2.28. The number of benzene rings is 1. The van der Waals surface area contributed by atoms with Crippen LogP contribution >= 0.6 is 0 Å². The maximum Gasteiger partial charge on any atom is 0.305 e. The van der Waals surface area contributed by atoms with Gasteiger partial charge < -0.3 is 10.4 Å². The number of aryl methyl sites for hydroxylation is 2. The molecule has 0 amide bonds. The number of carbonyl (C=O) groups is 1. The van der Waals surface area contributed by atoms with Gasteiger partial charge in [0.25, 0.3) is 0 Å². The molecule has 1 heterocycles. The van der Waals surface area contributed by atoms with E-state index in [1.807, 2.05) is 0 Å². The van der Waals surface area contributed by atoms with Gasteiger partial charge in [-0.1, -0.05) is 17.7 Å². The SMILES string of the molecule is Cc1cc(C)c2c(c1)CCNC2CC(=O)O. The van der Waals surface area contributed by atoms with Crippen LogP contribution in [0.3, 0.4) is 0 Å². The highest BCUT2D eigenvalue weighted by Crippen LogP contribution is 2.29. The molecule has 0 radical (unpaired) electrons. The van der Waals surface area contributed by atoms with Gasteiger partial charge in [-0.2, -0.15) is 0 Å². The van der Waals surface area contributed by atoms with Gasteiger partial charge in [0.2, 0.25) is 0 Å². The molecule has 1 aromatic carbocycles. The van der Waals surface area contributed by atoms with Crippen LogP contribution in [0.15, 0.2) is 12.1 Å². The van der Waals surface area contributed by atoms with Gasteiger partial charge in [-0.25, -0.2) is 0 Å². The second-order valence-electron chi connectivity index (χ2n) is 4.51. The molecule has 3 nitrogen and oxygen atoms in total. The first-order valence-corrected chi connectivity index (χ1v) is 5.63. The second-order valence-corrected chi connectivity index (χ2v) is 4.51. The standard InChI is InChI=1S/C13H17NO2/c1-8-5-9(2)13-10(6-8)3-4-14-11(13)7-12(15)16/h5-6,11,14H,3-4,7H2,1-2H3,(H,15,16). The zero-order valence-corrected chi connectivity index (χ0v) is 9.71. The Morgan fingerprint density at radius 2 is 2.25 bits per heavy atom. The number of rotatable bonds is 2. The van der Waals surface area contributed by atoms with Crippen LogP contribution < -0.4 is 5.32 Å².